The normalized spacial score (nSPS) is 23.2. The predicted octanol–water partition coefficient (Wildman–Crippen LogP) is 1.91. The van der Waals surface area contributed by atoms with Crippen LogP contribution in [-0.2, 0) is 0 Å². The molecule has 1 amide bonds. The summed E-state index contributed by atoms with van der Waals surface area (Å²) in [6, 6.07) is 7.03. The summed E-state index contributed by atoms with van der Waals surface area (Å²) >= 11 is 5.94. The number of hydrogen-bond donors (Lipinski definition) is 3. The number of H-pyrrole nitrogens is 1. The average molecular weight is 345 g/mol. The predicted molar refractivity (Wildman–Crippen MR) is 89.4 cm³/mol. The zero-order chi connectivity index (χ0) is 17.0. The van der Waals surface area contributed by atoms with Gasteiger partial charge in [0.1, 0.15) is 11.9 Å². The second-order valence-corrected chi connectivity index (χ2v) is 6.33. The van der Waals surface area contributed by atoms with Gasteiger partial charge in [-0.1, -0.05) is 29.5 Å². The van der Waals surface area contributed by atoms with E-state index in [1.165, 1.54) is 6.33 Å². The lowest BCUT2D eigenvalue weighted by Gasteiger charge is -2.33. The Morgan fingerprint density at radius 1 is 1.50 bits per heavy atom. The maximum atomic E-state index is 12.0. The van der Waals surface area contributed by atoms with Crippen molar-refractivity contribution in [3.8, 4) is 11.8 Å². The molecule has 6 nitrogen and oxygen atoms in total. The molecule has 1 aromatic carbocycles. The van der Waals surface area contributed by atoms with Crippen LogP contribution in [0.5, 0.6) is 0 Å². The Morgan fingerprint density at radius 2 is 2.38 bits per heavy atom. The van der Waals surface area contributed by atoms with Crippen molar-refractivity contribution in [1.29, 1.82) is 0 Å². The van der Waals surface area contributed by atoms with E-state index in [1.54, 1.807) is 12.1 Å². The number of carbonyl (C=O) groups is 1. The van der Waals surface area contributed by atoms with E-state index in [9.17, 15) is 9.90 Å². The first-order valence-corrected chi connectivity index (χ1v) is 8.09. The van der Waals surface area contributed by atoms with E-state index < -0.39 is 5.60 Å². The Bertz CT molecular complexity index is 781. The molecular formula is C17H17ClN4O2. The van der Waals surface area contributed by atoms with E-state index in [0.29, 0.717) is 17.9 Å². The van der Waals surface area contributed by atoms with Gasteiger partial charge < -0.3 is 10.4 Å². The van der Waals surface area contributed by atoms with Crippen LogP contribution in [0, 0.1) is 11.8 Å². The van der Waals surface area contributed by atoms with Crippen LogP contribution in [0.1, 0.15) is 41.9 Å². The molecule has 0 spiro atoms. The molecule has 7 heteroatoms. The zero-order valence-electron chi connectivity index (χ0n) is 12.9. The third kappa shape index (κ3) is 4.13. The fraction of sp³-hybridized carbons (Fsp3) is 0.353. The van der Waals surface area contributed by atoms with Crippen molar-refractivity contribution in [2.24, 2.45) is 0 Å². The lowest BCUT2D eigenvalue weighted by atomic mass is 9.82. The highest BCUT2D eigenvalue weighted by Crippen LogP contribution is 2.28. The van der Waals surface area contributed by atoms with E-state index >= 15 is 0 Å². The van der Waals surface area contributed by atoms with E-state index in [2.05, 4.69) is 32.3 Å². The number of carbonyl (C=O) groups excluding carboxylic acids is 1. The molecule has 1 aliphatic rings. The smallest absolute Gasteiger partial charge is 0.288 e. The third-order valence-electron chi connectivity index (χ3n) is 3.96. The van der Waals surface area contributed by atoms with Gasteiger partial charge in [-0.05, 0) is 37.5 Å². The topological polar surface area (TPSA) is 90.9 Å². The van der Waals surface area contributed by atoms with Crippen LogP contribution in [0.15, 0.2) is 30.6 Å². The molecule has 2 atom stereocenters. The number of aromatic nitrogens is 3. The van der Waals surface area contributed by atoms with Crippen LogP contribution >= 0.6 is 11.6 Å². The molecule has 124 valence electrons. The molecule has 1 unspecified atom stereocenters. The summed E-state index contributed by atoms with van der Waals surface area (Å²) in [5.41, 5.74) is -0.372. The minimum Gasteiger partial charge on any atom is -0.378 e. The number of nitrogens with zero attached hydrogens (tertiary/aromatic N) is 2. The van der Waals surface area contributed by atoms with Crippen LogP contribution in [0.25, 0.3) is 0 Å². The summed E-state index contributed by atoms with van der Waals surface area (Å²) in [5, 5.41) is 20.4. The lowest BCUT2D eigenvalue weighted by Crippen LogP contribution is -2.45. The van der Waals surface area contributed by atoms with Gasteiger partial charge in [-0.25, -0.2) is 4.98 Å². The number of nitrogens with one attached hydrogen (secondary N) is 2. The number of rotatable bonds is 2. The average Bonchev–Trinajstić information content (AvgIpc) is 3.08. The highest BCUT2D eigenvalue weighted by atomic mass is 35.5. The van der Waals surface area contributed by atoms with Gasteiger partial charge in [0.05, 0.1) is 0 Å². The van der Waals surface area contributed by atoms with Gasteiger partial charge in [0.2, 0.25) is 5.82 Å². The molecule has 1 saturated carbocycles. The summed E-state index contributed by atoms with van der Waals surface area (Å²) in [4.78, 5) is 15.8. The van der Waals surface area contributed by atoms with E-state index in [1.807, 2.05) is 12.1 Å². The fourth-order valence-corrected chi connectivity index (χ4v) is 3.00. The summed E-state index contributed by atoms with van der Waals surface area (Å²) < 4.78 is 0. The Kier molecular flexibility index (Phi) is 4.84. The minimum absolute atomic E-state index is 0.157. The van der Waals surface area contributed by atoms with Crippen molar-refractivity contribution in [2.45, 2.75) is 37.3 Å². The van der Waals surface area contributed by atoms with Crippen LogP contribution in [0.3, 0.4) is 0 Å². The molecule has 0 radical (unpaired) electrons. The third-order valence-corrected chi connectivity index (χ3v) is 4.19. The van der Waals surface area contributed by atoms with Gasteiger partial charge in [0.25, 0.3) is 5.91 Å². The largest absolute Gasteiger partial charge is 0.378 e. The first-order chi connectivity index (χ1) is 11.5. The van der Waals surface area contributed by atoms with E-state index in [0.717, 1.165) is 18.4 Å². The number of amides is 1. The zero-order valence-corrected chi connectivity index (χ0v) is 13.7. The molecular weight excluding hydrogens is 328 g/mol. The van der Waals surface area contributed by atoms with Gasteiger partial charge in [0.15, 0.2) is 0 Å². The monoisotopic (exact) mass is 344 g/mol. The molecule has 3 N–H and O–H groups in total. The van der Waals surface area contributed by atoms with Crippen molar-refractivity contribution in [2.75, 3.05) is 0 Å². The Balaban J connectivity index is 1.67. The van der Waals surface area contributed by atoms with Crippen molar-refractivity contribution in [1.82, 2.24) is 20.5 Å². The highest BCUT2D eigenvalue weighted by Gasteiger charge is 2.33. The molecule has 2 aromatic rings. The summed E-state index contributed by atoms with van der Waals surface area (Å²) in [5.74, 6) is 5.74. The Labute approximate surface area is 144 Å². The van der Waals surface area contributed by atoms with E-state index in [4.69, 9.17) is 11.6 Å². The van der Waals surface area contributed by atoms with Gasteiger partial charge >= 0.3 is 0 Å². The quantitative estimate of drug-likeness (QED) is 0.726. The minimum atomic E-state index is -1.13. The highest BCUT2D eigenvalue weighted by molar-refractivity contribution is 6.30. The van der Waals surface area contributed by atoms with Crippen LogP contribution < -0.4 is 5.32 Å². The SMILES string of the molecule is O=C(N[C@H]1CCCC(O)(C#Cc2cccc(Cl)c2)C1)c1ncn[nH]1. The Morgan fingerprint density at radius 3 is 3.12 bits per heavy atom. The summed E-state index contributed by atoms with van der Waals surface area (Å²) in [7, 11) is 0. The molecule has 3 rings (SSSR count). The van der Waals surface area contributed by atoms with Crippen LogP contribution in [-0.4, -0.2) is 37.8 Å². The van der Waals surface area contributed by atoms with Gasteiger partial charge in [-0.3, -0.25) is 9.89 Å². The molecule has 24 heavy (non-hydrogen) atoms. The van der Waals surface area contributed by atoms with Gasteiger partial charge in [-0.15, -0.1) is 0 Å². The first-order valence-electron chi connectivity index (χ1n) is 7.71. The number of halogens is 1. The van der Waals surface area contributed by atoms with Gasteiger partial charge in [-0.2, -0.15) is 5.10 Å². The fourth-order valence-electron chi connectivity index (χ4n) is 2.81. The van der Waals surface area contributed by atoms with Crippen molar-refractivity contribution in [3.05, 3.63) is 47.0 Å². The standard InChI is InChI=1S/C17H17ClN4O2/c18-13-4-1-3-12(9-13)6-8-17(24)7-2-5-14(10-17)21-16(23)15-19-11-20-22-15/h1,3-4,9,11,14,24H,2,5,7,10H2,(H,21,23)(H,19,20,22)/t14-,17?/m0/s1. The molecule has 1 fully saturated rings. The Hall–Kier alpha value is -2.36. The summed E-state index contributed by atoms with van der Waals surface area (Å²) in [6.07, 6.45) is 3.81. The van der Waals surface area contributed by atoms with Crippen molar-refractivity contribution in [3.63, 3.8) is 0 Å². The second kappa shape index (κ2) is 7.04. The molecule has 1 heterocycles. The van der Waals surface area contributed by atoms with Crippen molar-refractivity contribution >= 4 is 17.5 Å². The maximum absolute atomic E-state index is 12.0. The van der Waals surface area contributed by atoms with Crippen LogP contribution in [0.2, 0.25) is 5.02 Å². The van der Waals surface area contributed by atoms with E-state index in [-0.39, 0.29) is 17.8 Å². The molecule has 1 aromatic heterocycles. The molecule has 0 bridgehead atoms. The number of aromatic amines is 1. The number of hydrogen-bond acceptors (Lipinski definition) is 4. The molecule has 0 aliphatic heterocycles. The van der Waals surface area contributed by atoms with Gasteiger partial charge in [0, 0.05) is 23.0 Å². The van der Waals surface area contributed by atoms with Crippen LogP contribution in [0.4, 0.5) is 0 Å². The lowest BCUT2D eigenvalue weighted by molar-refractivity contribution is 0.0451. The number of aliphatic hydroxyl groups is 1. The number of benzene rings is 1. The maximum Gasteiger partial charge on any atom is 0.288 e. The second-order valence-electron chi connectivity index (χ2n) is 5.89. The first kappa shape index (κ1) is 16.5. The van der Waals surface area contributed by atoms with Crippen molar-refractivity contribution < 1.29 is 9.90 Å². The summed E-state index contributed by atoms with van der Waals surface area (Å²) in [6.45, 7) is 0. The molecule has 1 aliphatic carbocycles. The molecule has 0 saturated heterocycles.